The summed E-state index contributed by atoms with van der Waals surface area (Å²) < 4.78 is 6.69. The fourth-order valence-corrected chi connectivity index (χ4v) is 3.12. The molecule has 3 rings (SSSR count). The van der Waals surface area contributed by atoms with Gasteiger partial charge in [0.05, 0.1) is 6.61 Å². The maximum atomic E-state index is 12.1. The smallest absolute Gasteiger partial charge is 0.311 e. The molecule has 0 amide bonds. The lowest BCUT2D eigenvalue weighted by atomic mass is 10.1. The predicted molar refractivity (Wildman–Crippen MR) is 73.5 cm³/mol. The van der Waals surface area contributed by atoms with Crippen LogP contribution in [0.1, 0.15) is 6.23 Å². The van der Waals surface area contributed by atoms with Gasteiger partial charge in [-0.25, -0.2) is 0 Å². The molecule has 0 aliphatic carbocycles. The van der Waals surface area contributed by atoms with Gasteiger partial charge < -0.3 is 31.5 Å². The van der Waals surface area contributed by atoms with E-state index >= 15 is 0 Å². The van der Waals surface area contributed by atoms with Crippen LogP contribution in [-0.2, 0) is 4.74 Å². The second-order valence-electron chi connectivity index (χ2n) is 4.59. The summed E-state index contributed by atoms with van der Waals surface area (Å²) in [6.45, 7) is -0.495. The number of thiazole rings is 1. The summed E-state index contributed by atoms with van der Waals surface area (Å²) in [5.41, 5.74) is 11.3. The molecule has 2 aromatic rings. The molecular weight excluding hydrogens is 302 g/mol. The number of fused-ring (bicyclic) bond motifs is 1. The van der Waals surface area contributed by atoms with E-state index in [0.29, 0.717) is 4.70 Å². The van der Waals surface area contributed by atoms with Crippen LogP contribution >= 0.6 is 11.3 Å². The van der Waals surface area contributed by atoms with Crippen LogP contribution in [0.4, 0.5) is 11.8 Å². The van der Waals surface area contributed by atoms with E-state index in [1.807, 2.05) is 0 Å². The van der Waals surface area contributed by atoms with Gasteiger partial charge in [-0.15, -0.1) is 0 Å². The maximum absolute atomic E-state index is 12.1. The molecule has 1 saturated heterocycles. The van der Waals surface area contributed by atoms with Crippen LogP contribution < -0.4 is 16.3 Å². The van der Waals surface area contributed by atoms with Crippen molar-refractivity contribution >= 4 is 33.5 Å². The zero-order chi connectivity index (χ0) is 15.3. The quantitative estimate of drug-likeness (QED) is 0.406. The maximum Gasteiger partial charge on any atom is 0.311 e. The van der Waals surface area contributed by atoms with Crippen LogP contribution in [0.3, 0.4) is 0 Å². The number of nitrogens with zero attached hydrogens (tertiary/aromatic N) is 3. The molecule has 21 heavy (non-hydrogen) atoms. The first-order valence-electron chi connectivity index (χ1n) is 6.00. The third-order valence-electron chi connectivity index (χ3n) is 3.28. The number of hydrogen-bond acceptors (Lipinski definition) is 10. The summed E-state index contributed by atoms with van der Waals surface area (Å²) in [4.78, 5) is 19.3. The third kappa shape index (κ3) is 2.06. The minimum Gasteiger partial charge on any atom is -0.394 e. The highest BCUT2D eigenvalue weighted by Gasteiger charge is 2.44. The second kappa shape index (κ2) is 4.89. The number of anilines is 2. The Morgan fingerprint density at radius 1 is 1.29 bits per heavy atom. The zero-order valence-corrected chi connectivity index (χ0v) is 11.4. The van der Waals surface area contributed by atoms with Crippen molar-refractivity contribution in [3.63, 3.8) is 0 Å². The lowest BCUT2D eigenvalue weighted by Crippen LogP contribution is -2.34. The van der Waals surface area contributed by atoms with Crippen molar-refractivity contribution in [2.24, 2.45) is 0 Å². The number of nitrogens with two attached hydrogens (primary N) is 2. The molecule has 0 bridgehead atoms. The Bertz CT molecular complexity index is 745. The Morgan fingerprint density at radius 3 is 2.62 bits per heavy atom. The van der Waals surface area contributed by atoms with Gasteiger partial charge in [-0.1, -0.05) is 11.3 Å². The van der Waals surface area contributed by atoms with E-state index in [1.54, 1.807) is 0 Å². The summed E-state index contributed by atoms with van der Waals surface area (Å²) in [7, 11) is 0. The minimum atomic E-state index is -1.39. The van der Waals surface area contributed by atoms with Gasteiger partial charge in [0.25, 0.3) is 0 Å². The SMILES string of the molecule is Nc1nc(N)c2sc(=O)n([C@@H]3O[C@H](CO)[C@@H](O)[C@H]3O)c2n1. The molecular formula is C10H13N5O5S. The minimum absolute atomic E-state index is 0.0464. The van der Waals surface area contributed by atoms with Gasteiger partial charge in [-0.05, 0) is 0 Å². The first-order valence-corrected chi connectivity index (χ1v) is 6.82. The summed E-state index contributed by atoms with van der Waals surface area (Å²) in [5.74, 6) is -0.0802. The average molecular weight is 315 g/mol. The Morgan fingerprint density at radius 2 is 2.00 bits per heavy atom. The number of aromatic nitrogens is 3. The van der Waals surface area contributed by atoms with Gasteiger partial charge in [-0.2, -0.15) is 9.97 Å². The fraction of sp³-hybridized carbons (Fsp3) is 0.500. The van der Waals surface area contributed by atoms with E-state index in [0.717, 1.165) is 15.9 Å². The highest BCUT2D eigenvalue weighted by atomic mass is 32.1. The van der Waals surface area contributed by atoms with Crippen molar-refractivity contribution in [2.45, 2.75) is 24.5 Å². The number of aliphatic hydroxyl groups excluding tert-OH is 3. The molecule has 0 aromatic carbocycles. The number of ether oxygens (including phenoxy) is 1. The van der Waals surface area contributed by atoms with Gasteiger partial charge in [0, 0.05) is 0 Å². The van der Waals surface area contributed by atoms with Gasteiger partial charge >= 0.3 is 4.87 Å². The van der Waals surface area contributed by atoms with E-state index in [4.69, 9.17) is 21.3 Å². The standard InChI is InChI=1S/C10H13N5O5S/c11-6-5-7(14-9(12)13-6)15(10(19)21-5)8-4(18)3(17)2(1-16)20-8/h2-4,8,16-18H,1H2,(H4,11,12,13,14)/t2-,3-,4-,8-/m1/s1. The Kier molecular flexibility index (Phi) is 3.30. The number of rotatable bonds is 2. The summed E-state index contributed by atoms with van der Waals surface area (Å²) in [6.07, 6.45) is -4.90. The summed E-state index contributed by atoms with van der Waals surface area (Å²) in [5, 5.41) is 28.9. The Balaban J connectivity index is 2.17. The van der Waals surface area contributed by atoms with Crippen molar-refractivity contribution in [2.75, 3.05) is 18.1 Å². The van der Waals surface area contributed by atoms with E-state index in [2.05, 4.69) is 9.97 Å². The summed E-state index contributed by atoms with van der Waals surface area (Å²) in [6, 6.07) is 0. The van der Waals surface area contributed by atoms with Crippen LogP contribution in [0, 0.1) is 0 Å². The van der Waals surface area contributed by atoms with Crippen LogP contribution in [0.2, 0.25) is 0 Å². The predicted octanol–water partition coefficient (Wildman–Crippen LogP) is -2.37. The highest BCUT2D eigenvalue weighted by molar-refractivity contribution is 7.17. The third-order valence-corrected chi connectivity index (χ3v) is 4.24. The molecule has 7 N–H and O–H groups in total. The van der Waals surface area contributed by atoms with Crippen molar-refractivity contribution in [1.82, 2.24) is 14.5 Å². The van der Waals surface area contributed by atoms with Crippen LogP contribution in [0.25, 0.3) is 10.3 Å². The molecule has 114 valence electrons. The normalized spacial score (nSPS) is 29.3. The van der Waals surface area contributed by atoms with E-state index in [-0.39, 0.29) is 17.4 Å². The van der Waals surface area contributed by atoms with Crippen molar-refractivity contribution in [1.29, 1.82) is 0 Å². The monoisotopic (exact) mass is 315 g/mol. The Hall–Kier alpha value is -1.79. The molecule has 1 aliphatic heterocycles. The zero-order valence-electron chi connectivity index (χ0n) is 10.6. The lowest BCUT2D eigenvalue weighted by Gasteiger charge is -2.16. The van der Waals surface area contributed by atoms with E-state index in [1.165, 1.54) is 0 Å². The number of aliphatic hydroxyl groups is 3. The molecule has 0 radical (unpaired) electrons. The number of nitrogen functional groups attached to an aromatic ring is 2. The second-order valence-corrected chi connectivity index (χ2v) is 5.55. The van der Waals surface area contributed by atoms with Crippen LogP contribution in [-0.4, -0.2) is 54.8 Å². The molecule has 0 unspecified atom stereocenters. The molecule has 1 fully saturated rings. The van der Waals surface area contributed by atoms with E-state index < -0.39 is 36.0 Å². The van der Waals surface area contributed by atoms with Crippen molar-refractivity contribution in [3.8, 4) is 0 Å². The van der Waals surface area contributed by atoms with Gasteiger partial charge in [0.1, 0.15) is 28.8 Å². The fourth-order valence-electron chi connectivity index (χ4n) is 2.27. The highest BCUT2D eigenvalue weighted by Crippen LogP contribution is 2.32. The van der Waals surface area contributed by atoms with E-state index in [9.17, 15) is 15.0 Å². The molecule has 4 atom stereocenters. The number of hydrogen-bond donors (Lipinski definition) is 5. The summed E-state index contributed by atoms with van der Waals surface area (Å²) >= 11 is 0.780. The molecule has 0 saturated carbocycles. The van der Waals surface area contributed by atoms with Crippen LogP contribution in [0.5, 0.6) is 0 Å². The topological polar surface area (TPSA) is 170 Å². The molecule has 0 spiro atoms. The first-order chi connectivity index (χ1) is 9.93. The molecule has 11 heteroatoms. The molecule has 3 heterocycles. The van der Waals surface area contributed by atoms with Gasteiger partial charge in [-0.3, -0.25) is 9.36 Å². The molecule has 1 aliphatic rings. The van der Waals surface area contributed by atoms with Crippen molar-refractivity contribution < 1.29 is 20.1 Å². The largest absolute Gasteiger partial charge is 0.394 e. The molecule has 10 nitrogen and oxygen atoms in total. The average Bonchev–Trinajstić information content (AvgIpc) is 2.89. The van der Waals surface area contributed by atoms with Gasteiger partial charge in [0.15, 0.2) is 11.9 Å². The van der Waals surface area contributed by atoms with Crippen molar-refractivity contribution in [3.05, 3.63) is 9.67 Å². The lowest BCUT2D eigenvalue weighted by molar-refractivity contribution is -0.0518. The van der Waals surface area contributed by atoms with Gasteiger partial charge in [0.2, 0.25) is 5.95 Å². The van der Waals surface area contributed by atoms with Crippen LogP contribution in [0.15, 0.2) is 4.79 Å². The first kappa shape index (κ1) is 14.2. The molecule has 2 aromatic heterocycles. The Labute approximate surface area is 121 Å².